The van der Waals surface area contributed by atoms with Crippen LogP contribution in [0, 0.1) is 18.7 Å². The number of hydrogen-bond acceptors (Lipinski definition) is 6. The van der Waals surface area contributed by atoms with E-state index in [0.717, 1.165) is 0 Å². The molecule has 7 nitrogen and oxygen atoms in total. The van der Waals surface area contributed by atoms with Gasteiger partial charge in [-0.1, -0.05) is 10.3 Å². The zero-order valence-electron chi connectivity index (χ0n) is 14.0. The van der Waals surface area contributed by atoms with Gasteiger partial charge in [-0.2, -0.15) is 0 Å². The second-order valence-electron chi connectivity index (χ2n) is 6.29. The molecule has 0 spiro atoms. The zero-order valence-corrected chi connectivity index (χ0v) is 14.0. The molecule has 0 aliphatic heterocycles. The average molecular weight is 349 g/mol. The maximum atomic E-state index is 13.8. The number of rotatable bonds is 6. The number of carbonyl (C=O) groups excluding carboxylic acids is 1. The number of aromatic nitrogens is 2. The summed E-state index contributed by atoms with van der Waals surface area (Å²) in [5.74, 6) is -0.193. The number of aryl methyl sites for hydroxylation is 1. The highest BCUT2D eigenvalue weighted by atomic mass is 19.1. The Morgan fingerprint density at radius 3 is 2.84 bits per heavy atom. The second kappa shape index (κ2) is 7.18. The van der Waals surface area contributed by atoms with Crippen molar-refractivity contribution in [2.45, 2.75) is 38.3 Å². The van der Waals surface area contributed by atoms with Crippen molar-refractivity contribution in [1.82, 2.24) is 15.6 Å². The first-order valence-electron chi connectivity index (χ1n) is 8.06. The van der Waals surface area contributed by atoms with E-state index < -0.39 is 18.0 Å². The molecular weight excluding hydrogens is 329 g/mol. The summed E-state index contributed by atoms with van der Waals surface area (Å²) >= 11 is 0. The number of methoxy groups -OCH3 is 1. The molecule has 1 fully saturated rings. The third-order valence-electron chi connectivity index (χ3n) is 4.54. The highest BCUT2D eigenvalue weighted by Gasteiger charge is 2.37. The largest absolute Gasteiger partial charge is 0.496 e. The van der Waals surface area contributed by atoms with Crippen LogP contribution in [0.3, 0.4) is 0 Å². The van der Waals surface area contributed by atoms with Gasteiger partial charge < -0.3 is 15.2 Å². The Bertz CT molecular complexity index is 758. The first-order chi connectivity index (χ1) is 12.0. The number of nitrogens with one attached hydrogen (secondary N) is 1. The van der Waals surface area contributed by atoms with Crippen LogP contribution in [0.4, 0.5) is 4.39 Å². The normalized spacial score (nSPS) is 20.6. The number of carbonyl (C=O) groups is 1. The molecule has 3 rings (SSSR count). The molecule has 1 aliphatic rings. The lowest BCUT2D eigenvalue weighted by Crippen LogP contribution is -2.42. The molecule has 0 saturated heterocycles. The van der Waals surface area contributed by atoms with Crippen molar-refractivity contribution in [3.63, 3.8) is 0 Å². The number of aliphatic hydroxyl groups is 1. The van der Waals surface area contributed by atoms with Crippen LogP contribution in [-0.2, 0) is 11.2 Å². The monoisotopic (exact) mass is 349 g/mol. The minimum absolute atomic E-state index is 0.00572. The lowest BCUT2D eigenvalue weighted by Gasteiger charge is -2.38. The van der Waals surface area contributed by atoms with E-state index in [0.29, 0.717) is 35.5 Å². The van der Waals surface area contributed by atoms with Gasteiger partial charge in [0.1, 0.15) is 23.0 Å². The van der Waals surface area contributed by atoms with Crippen molar-refractivity contribution in [2.75, 3.05) is 7.11 Å². The molecule has 1 atom stereocenters. The number of ether oxygens (including phenoxy) is 1. The van der Waals surface area contributed by atoms with Crippen LogP contribution in [0.15, 0.2) is 22.8 Å². The number of benzene rings is 1. The summed E-state index contributed by atoms with van der Waals surface area (Å²) in [4.78, 5) is 12.4. The number of nitrogens with zero attached hydrogens (tertiary/aromatic N) is 2. The maximum absolute atomic E-state index is 13.8. The van der Waals surface area contributed by atoms with Crippen LogP contribution in [-0.4, -0.2) is 34.5 Å². The van der Waals surface area contributed by atoms with E-state index in [1.165, 1.54) is 25.3 Å². The van der Waals surface area contributed by atoms with Gasteiger partial charge in [-0.3, -0.25) is 4.79 Å². The molecule has 1 amide bonds. The van der Waals surface area contributed by atoms with Crippen LogP contribution in [0.2, 0.25) is 0 Å². The van der Waals surface area contributed by atoms with Crippen LogP contribution in [0.1, 0.15) is 35.8 Å². The Morgan fingerprint density at radius 2 is 2.24 bits per heavy atom. The molecule has 1 aromatic carbocycles. The molecule has 1 aliphatic carbocycles. The quantitative estimate of drug-likeness (QED) is 0.824. The molecule has 25 heavy (non-hydrogen) atoms. The van der Waals surface area contributed by atoms with Crippen LogP contribution >= 0.6 is 0 Å². The third-order valence-corrected chi connectivity index (χ3v) is 4.54. The number of aliphatic hydroxyl groups excluding tert-OH is 1. The Balaban J connectivity index is 1.82. The van der Waals surface area contributed by atoms with Gasteiger partial charge in [0.05, 0.1) is 25.7 Å². The van der Waals surface area contributed by atoms with E-state index >= 15 is 0 Å². The van der Waals surface area contributed by atoms with E-state index in [9.17, 15) is 14.3 Å². The second-order valence-corrected chi connectivity index (χ2v) is 6.29. The molecule has 8 heteroatoms. The van der Waals surface area contributed by atoms with Crippen molar-refractivity contribution in [1.29, 1.82) is 0 Å². The summed E-state index contributed by atoms with van der Waals surface area (Å²) in [7, 11) is 1.50. The van der Waals surface area contributed by atoms with Gasteiger partial charge in [-0.05, 0) is 43.9 Å². The van der Waals surface area contributed by atoms with Crippen LogP contribution < -0.4 is 10.1 Å². The molecule has 2 N–H and O–H groups in total. The first kappa shape index (κ1) is 17.3. The molecule has 134 valence electrons. The summed E-state index contributed by atoms with van der Waals surface area (Å²) in [6.45, 7) is 1.70. The number of amides is 1. The van der Waals surface area contributed by atoms with E-state index in [4.69, 9.17) is 4.74 Å². The third kappa shape index (κ3) is 3.79. The fourth-order valence-electron chi connectivity index (χ4n) is 3.09. The van der Waals surface area contributed by atoms with E-state index in [1.54, 1.807) is 6.92 Å². The van der Waals surface area contributed by atoms with Gasteiger partial charge in [-0.25, -0.2) is 9.02 Å². The summed E-state index contributed by atoms with van der Waals surface area (Å²) in [6.07, 6.45) is 0.689. The molecule has 1 saturated carbocycles. The van der Waals surface area contributed by atoms with Crippen molar-refractivity contribution >= 4 is 5.91 Å². The number of hydrogen-bond donors (Lipinski definition) is 2. The highest BCUT2D eigenvalue weighted by molar-refractivity contribution is 5.79. The standard InChI is InChI=1S/C17H20FN3O4/c1-9-14(21-25-20-9)8-16(23)19-17(10-5-12(22)6-10)13-7-11(18)3-4-15(13)24-2/h3-4,7,10,12,17,22H,5-6,8H2,1-2H3,(H,19,23)/t10?,12?,17-/m0/s1. The summed E-state index contributed by atoms with van der Waals surface area (Å²) in [5.41, 5.74) is 1.56. The minimum atomic E-state index is -0.457. The van der Waals surface area contributed by atoms with Crippen molar-refractivity contribution in [2.24, 2.45) is 5.92 Å². The predicted octanol–water partition coefficient (Wildman–Crippen LogP) is 1.70. The number of halogens is 1. The van der Waals surface area contributed by atoms with Crippen molar-refractivity contribution in [3.8, 4) is 5.75 Å². The smallest absolute Gasteiger partial charge is 0.226 e. The molecular formula is C17H20FN3O4. The van der Waals surface area contributed by atoms with Gasteiger partial charge in [0.25, 0.3) is 0 Å². The molecule has 0 unspecified atom stereocenters. The minimum Gasteiger partial charge on any atom is -0.496 e. The van der Waals surface area contributed by atoms with E-state index in [2.05, 4.69) is 20.3 Å². The van der Waals surface area contributed by atoms with E-state index in [-0.39, 0.29) is 18.2 Å². The summed E-state index contributed by atoms with van der Waals surface area (Å²) in [5, 5.41) is 19.9. The van der Waals surface area contributed by atoms with Gasteiger partial charge in [-0.15, -0.1) is 0 Å². The summed E-state index contributed by atoms with van der Waals surface area (Å²) in [6, 6.07) is 3.74. The predicted molar refractivity (Wildman–Crippen MR) is 85.3 cm³/mol. The van der Waals surface area contributed by atoms with Gasteiger partial charge in [0.15, 0.2) is 0 Å². The first-order valence-corrected chi connectivity index (χ1v) is 8.06. The SMILES string of the molecule is COc1ccc(F)cc1[C@@H](NC(=O)Cc1nonc1C)C1CC(O)C1. The molecule has 2 aromatic rings. The Labute approximate surface area is 144 Å². The van der Waals surface area contributed by atoms with Crippen LogP contribution in [0.25, 0.3) is 0 Å². The zero-order chi connectivity index (χ0) is 18.0. The average Bonchev–Trinajstić information content (AvgIpc) is 2.95. The van der Waals surface area contributed by atoms with E-state index in [1.807, 2.05) is 0 Å². The van der Waals surface area contributed by atoms with Gasteiger partial charge in [0.2, 0.25) is 5.91 Å². The molecule has 1 aromatic heterocycles. The molecule has 1 heterocycles. The lowest BCUT2D eigenvalue weighted by atomic mass is 9.74. The Hall–Kier alpha value is -2.48. The highest BCUT2D eigenvalue weighted by Crippen LogP contribution is 2.41. The van der Waals surface area contributed by atoms with Crippen molar-refractivity contribution in [3.05, 3.63) is 41.0 Å². The molecule has 0 radical (unpaired) electrons. The Morgan fingerprint density at radius 1 is 1.48 bits per heavy atom. The molecule has 0 bridgehead atoms. The van der Waals surface area contributed by atoms with Crippen molar-refractivity contribution < 1.29 is 23.7 Å². The van der Waals surface area contributed by atoms with Gasteiger partial charge in [0, 0.05) is 5.56 Å². The lowest BCUT2D eigenvalue weighted by molar-refractivity contribution is -0.122. The van der Waals surface area contributed by atoms with Crippen LogP contribution in [0.5, 0.6) is 5.75 Å². The Kier molecular flexibility index (Phi) is 4.98. The summed E-state index contributed by atoms with van der Waals surface area (Å²) < 4.78 is 23.7. The maximum Gasteiger partial charge on any atom is 0.226 e. The fraction of sp³-hybridized carbons (Fsp3) is 0.471. The van der Waals surface area contributed by atoms with Gasteiger partial charge >= 0.3 is 0 Å². The topological polar surface area (TPSA) is 97.5 Å². The fourth-order valence-corrected chi connectivity index (χ4v) is 3.09.